The molecule has 154 valence electrons. The first-order valence-corrected chi connectivity index (χ1v) is 9.65. The maximum Gasteiger partial charge on any atom is 0.282 e. The molecule has 2 aliphatic heterocycles. The number of nitrogens with zero attached hydrogens (tertiary/aromatic N) is 1. The summed E-state index contributed by atoms with van der Waals surface area (Å²) >= 11 is 0. The Bertz CT molecular complexity index is 1200. The number of fused-ring (bicyclic) bond motifs is 1. The number of rotatable bonds is 5. The van der Waals surface area contributed by atoms with E-state index in [2.05, 4.69) is 5.32 Å². The van der Waals surface area contributed by atoms with Crippen molar-refractivity contribution in [3.63, 3.8) is 0 Å². The molecule has 2 aliphatic rings. The van der Waals surface area contributed by atoms with Gasteiger partial charge in [0.25, 0.3) is 11.8 Å². The van der Waals surface area contributed by atoms with Crippen LogP contribution in [0.1, 0.15) is 5.56 Å². The van der Waals surface area contributed by atoms with Crippen molar-refractivity contribution < 1.29 is 23.8 Å². The number of methoxy groups -OCH3 is 1. The van der Waals surface area contributed by atoms with Gasteiger partial charge in [0.1, 0.15) is 11.4 Å². The van der Waals surface area contributed by atoms with Crippen LogP contribution in [-0.4, -0.2) is 25.7 Å². The molecule has 1 N–H and O–H groups in total. The lowest BCUT2D eigenvalue weighted by Gasteiger charge is -2.15. The Labute approximate surface area is 178 Å². The third-order valence-electron chi connectivity index (χ3n) is 5.12. The molecule has 0 spiro atoms. The molecule has 31 heavy (non-hydrogen) atoms. The van der Waals surface area contributed by atoms with Crippen LogP contribution in [0.3, 0.4) is 0 Å². The van der Waals surface area contributed by atoms with Gasteiger partial charge in [-0.2, -0.15) is 0 Å². The number of nitrogens with one attached hydrogen (secondary N) is 1. The maximum absolute atomic E-state index is 13.4. The summed E-state index contributed by atoms with van der Waals surface area (Å²) in [5.41, 5.74) is 2.21. The van der Waals surface area contributed by atoms with Crippen molar-refractivity contribution in [2.24, 2.45) is 0 Å². The van der Waals surface area contributed by atoms with Gasteiger partial charge in [-0.15, -0.1) is 0 Å². The van der Waals surface area contributed by atoms with E-state index < -0.39 is 11.8 Å². The van der Waals surface area contributed by atoms with E-state index in [9.17, 15) is 9.59 Å². The van der Waals surface area contributed by atoms with E-state index in [4.69, 9.17) is 14.2 Å². The average Bonchev–Trinajstić information content (AvgIpc) is 3.36. The van der Waals surface area contributed by atoms with E-state index in [0.29, 0.717) is 34.2 Å². The Morgan fingerprint density at radius 3 is 2.35 bits per heavy atom. The van der Waals surface area contributed by atoms with E-state index in [1.807, 2.05) is 6.07 Å². The highest BCUT2D eigenvalue weighted by Crippen LogP contribution is 2.37. The first-order chi connectivity index (χ1) is 15.2. The molecular weight excluding hydrogens is 396 g/mol. The number of ether oxygens (including phenoxy) is 3. The molecule has 0 saturated carbocycles. The van der Waals surface area contributed by atoms with Crippen molar-refractivity contribution in [3.05, 3.63) is 84.1 Å². The van der Waals surface area contributed by atoms with Crippen LogP contribution in [0.15, 0.2) is 78.5 Å². The lowest BCUT2D eigenvalue weighted by Crippen LogP contribution is -2.32. The normalized spacial score (nSPS) is 14.9. The fourth-order valence-corrected chi connectivity index (χ4v) is 3.60. The number of amides is 2. The molecule has 3 aromatic rings. The number of hydrogen-bond acceptors (Lipinski definition) is 6. The molecule has 0 bridgehead atoms. The molecule has 0 saturated heterocycles. The number of imide groups is 1. The minimum atomic E-state index is -0.431. The van der Waals surface area contributed by atoms with Crippen LogP contribution in [0.4, 0.5) is 11.4 Å². The third kappa shape index (κ3) is 3.26. The fraction of sp³-hybridized carbons (Fsp3) is 0.0833. The van der Waals surface area contributed by atoms with E-state index in [-0.39, 0.29) is 18.1 Å². The van der Waals surface area contributed by atoms with E-state index in [1.54, 1.807) is 73.8 Å². The fourth-order valence-electron chi connectivity index (χ4n) is 3.60. The summed E-state index contributed by atoms with van der Waals surface area (Å²) in [6, 6.07) is 21.1. The largest absolute Gasteiger partial charge is 0.497 e. The van der Waals surface area contributed by atoms with Crippen LogP contribution in [0, 0.1) is 0 Å². The summed E-state index contributed by atoms with van der Waals surface area (Å²) in [6.07, 6.45) is 0. The zero-order valence-electron chi connectivity index (χ0n) is 16.6. The molecule has 3 aromatic carbocycles. The van der Waals surface area contributed by atoms with Crippen LogP contribution < -0.4 is 24.4 Å². The Hall–Kier alpha value is -4.26. The van der Waals surface area contributed by atoms with Gasteiger partial charge >= 0.3 is 0 Å². The Morgan fingerprint density at radius 2 is 1.61 bits per heavy atom. The first kappa shape index (κ1) is 18.7. The number of hydrogen-bond donors (Lipinski definition) is 1. The number of carbonyl (C=O) groups is 2. The predicted molar refractivity (Wildman–Crippen MR) is 115 cm³/mol. The van der Waals surface area contributed by atoms with Gasteiger partial charge in [-0.25, -0.2) is 4.90 Å². The monoisotopic (exact) mass is 414 g/mol. The molecule has 0 radical (unpaired) electrons. The highest BCUT2D eigenvalue weighted by atomic mass is 16.7. The SMILES string of the molecule is COc1ccc(C2=C(Nc3ccc4c(c3)OCO4)C(=O)N(c3ccccc3)C2=O)cc1. The minimum Gasteiger partial charge on any atom is -0.497 e. The van der Waals surface area contributed by atoms with Crippen LogP contribution in [-0.2, 0) is 9.59 Å². The van der Waals surface area contributed by atoms with Gasteiger partial charge in [-0.3, -0.25) is 9.59 Å². The van der Waals surface area contributed by atoms with Gasteiger partial charge in [-0.05, 0) is 42.0 Å². The minimum absolute atomic E-state index is 0.151. The molecule has 0 unspecified atom stereocenters. The smallest absolute Gasteiger partial charge is 0.282 e. The topological polar surface area (TPSA) is 77.1 Å². The van der Waals surface area contributed by atoms with Crippen LogP contribution in [0.5, 0.6) is 17.2 Å². The number of carbonyl (C=O) groups excluding carboxylic acids is 2. The third-order valence-corrected chi connectivity index (χ3v) is 5.12. The van der Waals surface area contributed by atoms with Gasteiger partial charge < -0.3 is 19.5 Å². The molecular formula is C24H18N2O5. The van der Waals surface area contributed by atoms with Crippen molar-refractivity contribution >= 4 is 28.8 Å². The van der Waals surface area contributed by atoms with Crippen LogP contribution in [0.25, 0.3) is 5.57 Å². The van der Waals surface area contributed by atoms with Gasteiger partial charge in [0, 0.05) is 11.8 Å². The van der Waals surface area contributed by atoms with Crippen LogP contribution >= 0.6 is 0 Å². The molecule has 7 nitrogen and oxygen atoms in total. The summed E-state index contributed by atoms with van der Waals surface area (Å²) in [5.74, 6) is 1.04. The maximum atomic E-state index is 13.4. The summed E-state index contributed by atoms with van der Waals surface area (Å²) in [7, 11) is 1.57. The molecule has 0 aliphatic carbocycles. The zero-order chi connectivity index (χ0) is 21.4. The van der Waals surface area contributed by atoms with Crippen molar-refractivity contribution in [2.45, 2.75) is 0 Å². The summed E-state index contributed by atoms with van der Waals surface area (Å²) < 4.78 is 16.0. The highest BCUT2D eigenvalue weighted by molar-refractivity contribution is 6.46. The van der Waals surface area contributed by atoms with E-state index in [1.165, 1.54) is 4.90 Å². The van der Waals surface area contributed by atoms with E-state index in [0.717, 1.165) is 0 Å². The second kappa shape index (κ2) is 7.53. The Morgan fingerprint density at radius 1 is 0.871 bits per heavy atom. The van der Waals surface area contributed by atoms with Crippen LogP contribution in [0.2, 0.25) is 0 Å². The van der Waals surface area contributed by atoms with Crippen molar-refractivity contribution in [2.75, 3.05) is 24.1 Å². The number of benzene rings is 3. The second-order valence-electron chi connectivity index (χ2n) is 6.95. The average molecular weight is 414 g/mol. The second-order valence-corrected chi connectivity index (χ2v) is 6.95. The van der Waals surface area contributed by atoms with Gasteiger partial charge in [-0.1, -0.05) is 30.3 Å². The zero-order valence-corrected chi connectivity index (χ0v) is 16.6. The summed E-state index contributed by atoms with van der Waals surface area (Å²) in [5, 5.41) is 3.13. The quantitative estimate of drug-likeness (QED) is 0.640. The molecule has 7 heteroatoms. The highest BCUT2D eigenvalue weighted by Gasteiger charge is 2.40. The number of para-hydroxylation sites is 1. The molecule has 0 fully saturated rings. The molecule has 0 aromatic heterocycles. The number of anilines is 2. The van der Waals surface area contributed by atoms with Gasteiger partial charge in [0.05, 0.1) is 18.4 Å². The van der Waals surface area contributed by atoms with E-state index >= 15 is 0 Å². The van der Waals surface area contributed by atoms with Crippen molar-refractivity contribution in [3.8, 4) is 17.2 Å². The lowest BCUT2D eigenvalue weighted by atomic mass is 10.0. The Balaban J connectivity index is 1.59. The lowest BCUT2D eigenvalue weighted by molar-refractivity contribution is -0.120. The Kier molecular flexibility index (Phi) is 4.55. The standard InChI is InChI=1S/C24H18N2O5/c1-29-18-10-7-15(8-11-18)21-22(25-16-9-12-19-20(13-16)31-14-30-19)24(28)26(23(21)27)17-5-3-2-4-6-17/h2-13,25H,14H2,1H3. The molecule has 2 heterocycles. The van der Waals surface area contributed by atoms with Crippen molar-refractivity contribution in [1.29, 1.82) is 0 Å². The first-order valence-electron chi connectivity index (χ1n) is 9.65. The molecule has 0 atom stereocenters. The van der Waals surface area contributed by atoms with Crippen molar-refractivity contribution in [1.82, 2.24) is 0 Å². The summed E-state index contributed by atoms with van der Waals surface area (Å²) in [6.45, 7) is 0.151. The van der Waals surface area contributed by atoms with Gasteiger partial charge in [0.15, 0.2) is 11.5 Å². The summed E-state index contributed by atoms with van der Waals surface area (Å²) in [4.78, 5) is 27.9. The molecule has 2 amide bonds. The molecule has 5 rings (SSSR count). The van der Waals surface area contributed by atoms with Gasteiger partial charge in [0.2, 0.25) is 6.79 Å². The predicted octanol–water partition coefficient (Wildman–Crippen LogP) is 3.82.